The molecule has 0 saturated heterocycles. The summed E-state index contributed by atoms with van der Waals surface area (Å²) in [7, 11) is 0. The van der Waals surface area contributed by atoms with Crippen molar-refractivity contribution < 1.29 is 35.0 Å². The van der Waals surface area contributed by atoms with Gasteiger partial charge in [0.1, 0.15) is 5.82 Å². The first-order valence-corrected chi connectivity index (χ1v) is 7.83. The van der Waals surface area contributed by atoms with Gasteiger partial charge in [0, 0.05) is 18.2 Å². The van der Waals surface area contributed by atoms with Crippen molar-refractivity contribution in [2.75, 3.05) is 0 Å². The average molecular weight is 433 g/mol. The van der Waals surface area contributed by atoms with Crippen LogP contribution in [0.4, 0.5) is 17.6 Å². The zero-order valence-electron chi connectivity index (χ0n) is 12.8. The Morgan fingerprint density at radius 2 is 1.85 bits per heavy atom. The fourth-order valence-corrected chi connectivity index (χ4v) is 3.45. The number of fused-ring (bicyclic) bond motifs is 1. The summed E-state index contributed by atoms with van der Waals surface area (Å²) < 4.78 is 51.8. The summed E-state index contributed by atoms with van der Waals surface area (Å²) in [6, 6.07) is 2.03. The molecule has 0 aromatic heterocycles. The highest BCUT2D eigenvalue weighted by atomic mass is 35.5. The van der Waals surface area contributed by atoms with Gasteiger partial charge in [0.15, 0.2) is 6.34 Å². The first-order chi connectivity index (χ1) is 11.6. The molecule has 1 aromatic carbocycles. The summed E-state index contributed by atoms with van der Waals surface area (Å²) in [6.07, 6.45) is -3.50. The number of benzene rings is 1. The van der Waals surface area contributed by atoms with Crippen molar-refractivity contribution in [1.82, 2.24) is 5.32 Å². The van der Waals surface area contributed by atoms with Crippen LogP contribution in [0.15, 0.2) is 28.4 Å². The molecule has 5 nitrogen and oxygen atoms in total. The number of hydrogen-bond donors (Lipinski definition) is 3. The lowest BCUT2D eigenvalue weighted by Gasteiger charge is -2.37. The lowest BCUT2D eigenvalue weighted by atomic mass is 9.88. The predicted octanol–water partition coefficient (Wildman–Crippen LogP) is -0.724. The van der Waals surface area contributed by atoms with Gasteiger partial charge in [-0.05, 0) is 12.1 Å². The van der Waals surface area contributed by atoms with Crippen LogP contribution < -0.4 is 28.5 Å². The second kappa shape index (κ2) is 7.32. The predicted molar refractivity (Wildman–Crippen MR) is 86.6 cm³/mol. The number of halogens is 7. The quantitative estimate of drug-likeness (QED) is 0.552. The van der Waals surface area contributed by atoms with Gasteiger partial charge in [-0.25, -0.2) is 4.39 Å². The van der Waals surface area contributed by atoms with E-state index in [1.54, 1.807) is 0 Å². The van der Waals surface area contributed by atoms with Crippen molar-refractivity contribution in [2.24, 2.45) is 15.8 Å². The number of hydrogen-bond acceptors (Lipinski definition) is 4. The third-order valence-corrected chi connectivity index (χ3v) is 4.53. The number of alkyl halides is 3. The second-order valence-corrected chi connectivity index (χ2v) is 6.42. The largest absolute Gasteiger partial charge is 1.00 e. The molecule has 2 unspecified atom stereocenters. The van der Waals surface area contributed by atoms with E-state index in [1.165, 1.54) is 12.5 Å². The lowest BCUT2D eigenvalue weighted by molar-refractivity contribution is -0.863. The maximum atomic E-state index is 13.5. The van der Waals surface area contributed by atoms with E-state index in [2.05, 4.69) is 15.4 Å². The van der Waals surface area contributed by atoms with Crippen LogP contribution in [-0.2, 0) is 0 Å². The normalized spacial score (nSPS) is 24.3. The van der Waals surface area contributed by atoms with Crippen molar-refractivity contribution in [3.63, 3.8) is 0 Å². The molecule has 0 amide bonds. The van der Waals surface area contributed by atoms with Gasteiger partial charge in [0.05, 0.1) is 22.0 Å². The highest BCUT2D eigenvalue weighted by Crippen LogP contribution is 2.38. The molecule has 142 valence electrons. The first kappa shape index (κ1) is 20.9. The number of quaternary nitrogens is 1. The molecule has 0 radical (unpaired) electrons. The SMILES string of the molecule is NC1(CCC(F)(F)F)C(c2c(Cl)cc(F)cc2Cl)=CNC2=NC=N[NH+]21.[Cl-]. The van der Waals surface area contributed by atoms with Crippen LogP contribution in [0, 0.1) is 5.82 Å². The zero-order valence-corrected chi connectivity index (χ0v) is 15.1. The minimum atomic E-state index is -4.42. The Labute approximate surface area is 161 Å². The summed E-state index contributed by atoms with van der Waals surface area (Å²) in [5, 5.41) is 6.81. The van der Waals surface area contributed by atoms with Crippen molar-refractivity contribution >= 4 is 41.1 Å². The van der Waals surface area contributed by atoms with E-state index in [0.717, 1.165) is 12.1 Å². The molecule has 1 aromatic rings. The Bertz CT molecular complexity index is 785. The standard InChI is InChI=1S/C14H11Cl2F4N5.ClH/c15-9-3-7(17)4-10(16)11(9)8-5-22-12-23-6-24-25(12)13(8,21)1-2-14(18,19)20;/h3-6H,1-2,21H2,(H,22,23,24);1H. The monoisotopic (exact) mass is 431 g/mol. The average Bonchev–Trinajstić information content (AvgIpc) is 2.96. The fourth-order valence-electron chi connectivity index (χ4n) is 2.78. The highest BCUT2D eigenvalue weighted by molar-refractivity contribution is 6.37. The maximum absolute atomic E-state index is 13.5. The van der Waals surface area contributed by atoms with E-state index >= 15 is 0 Å². The molecule has 0 spiro atoms. The molecule has 2 aliphatic rings. The molecule has 0 saturated carbocycles. The molecule has 0 fully saturated rings. The molecule has 2 aliphatic heterocycles. The summed E-state index contributed by atoms with van der Waals surface area (Å²) >= 11 is 12.2. The third-order valence-electron chi connectivity index (χ3n) is 3.93. The smallest absolute Gasteiger partial charge is 0.389 e. The van der Waals surface area contributed by atoms with E-state index in [9.17, 15) is 17.6 Å². The van der Waals surface area contributed by atoms with Crippen molar-refractivity contribution in [2.45, 2.75) is 24.7 Å². The van der Waals surface area contributed by atoms with Gasteiger partial charge >= 0.3 is 12.1 Å². The Hall–Kier alpha value is -1.39. The summed E-state index contributed by atoms with van der Waals surface area (Å²) in [6.45, 7) is 0. The van der Waals surface area contributed by atoms with E-state index in [4.69, 9.17) is 28.9 Å². The topological polar surface area (TPSA) is 67.2 Å². The first-order valence-electron chi connectivity index (χ1n) is 7.08. The van der Waals surface area contributed by atoms with Crippen molar-refractivity contribution in [3.8, 4) is 0 Å². The van der Waals surface area contributed by atoms with Gasteiger partial charge in [-0.1, -0.05) is 28.3 Å². The van der Waals surface area contributed by atoms with Crippen molar-refractivity contribution in [1.29, 1.82) is 0 Å². The molecule has 3 rings (SSSR count). The Morgan fingerprint density at radius 3 is 2.42 bits per heavy atom. The van der Waals surface area contributed by atoms with Crippen molar-refractivity contribution in [3.05, 3.63) is 39.8 Å². The number of nitrogens with one attached hydrogen (secondary N) is 2. The number of nitrogens with two attached hydrogens (primary N) is 1. The number of rotatable bonds is 3. The number of nitrogens with zero attached hydrogens (tertiary/aromatic N) is 2. The fraction of sp³-hybridized carbons (Fsp3) is 0.286. The molecule has 0 aliphatic carbocycles. The van der Waals surface area contributed by atoms with Gasteiger partial charge < -0.3 is 12.4 Å². The molecule has 12 heteroatoms. The molecule has 2 heterocycles. The number of guanidine groups is 1. The van der Waals surface area contributed by atoms with Crippen LogP contribution in [0.2, 0.25) is 10.0 Å². The van der Waals surface area contributed by atoms with Gasteiger partial charge in [0.25, 0.3) is 0 Å². The molecular weight excluding hydrogens is 421 g/mol. The lowest BCUT2D eigenvalue weighted by Crippen LogP contribution is -3.22. The van der Waals surface area contributed by atoms with Crippen LogP contribution in [0.1, 0.15) is 18.4 Å². The Kier molecular flexibility index (Phi) is 5.89. The van der Waals surface area contributed by atoms with E-state index in [0.29, 0.717) is 0 Å². The molecular formula is C14H12Cl3F4N5. The Balaban J connectivity index is 0.00000243. The van der Waals surface area contributed by atoms with Crippen LogP contribution in [0.3, 0.4) is 0 Å². The minimum Gasteiger partial charge on any atom is -1.00 e. The third kappa shape index (κ3) is 3.81. The molecule has 4 N–H and O–H groups in total. The van der Waals surface area contributed by atoms with Gasteiger partial charge in [-0.15, -0.1) is 5.01 Å². The molecule has 26 heavy (non-hydrogen) atoms. The highest BCUT2D eigenvalue weighted by Gasteiger charge is 2.51. The van der Waals surface area contributed by atoms with E-state index < -0.39 is 30.5 Å². The van der Waals surface area contributed by atoms with Crippen LogP contribution >= 0.6 is 23.2 Å². The van der Waals surface area contributed by atoms with Gasteiger partial charge in [0.2, 0.25) is 5.66 Å². The summed E-state index contributed by atoms with van der Waals surface area (Å²) in [5.74, 6) is -0.419. The minimum absolute atomic E-state index is 0. The van der Waals surface area contributed by atoms with Crippen LogP contribution in [-0.4, -0.2) is 24.1 Å². The second-order valence-electron chi connectivity index (χ2n) is 5.60. The molecule has 0 bridgehead atoms. The van der Waals surface area contributed by atoms with Gasteiger partial charge in [-0.3, -0.25) is 11.1 Å². The maximum Gasteiger partial charge on any atom is 0.389 e. The van der Waals surface area contributed by atoms with Gasteiger partial charge in [-0.2, -0.15) is 18.2 Å². The number of aliphatic imine (C=N–C) groups is 1. The summed E-state index contributed by atoms with van der Waals surface area (Å²) in [4.78, 5) is 3.93. The van der Waals surface area contributed by atoms with Crippen LogP contribution in [0.5, 0.6) is 0 Å². The van der Waals surface area contributed by atoms with E-state index in [1.807, 2.05) is 0 Å². The Morgan fingerprint density at radius 1 is 1.23 bits per heavy atom. The zero-order chi connectivity index (χ0) is 18.4. The van der Waals surface area contributed by atoms with E-state index in [-0.39, 0.29) is 44.6 Å². The van der Waals surface area contributed by atoms with Crippen LogP contribution in [0.25, 0.3) is 5.57 Å². The molecule has 2 atom stereocenters. The summed E-state index contributed by atoms with van der Waals surface area (Å²) in [5.41, 5.74) is 5.04.